The third kappa shape index (κ3) is 3.68. The van der Waals surface area contributed by atoms with E-state index >= 15 is 0 Å². The Hall–Kier alpha value is -3.38. The van der Waals surface area contributed by atoms with Gasteiger partial charge in [-0.1, -0.05) is 23.7 Å². The summed E-state index contributed by atoms with van der Waals surface area (Å²) < 4.78 is 10.8. The fourth-order valence-electron chi connectivity index (χ4n) is 2.85. The third-order valence-corrected chi connectivity index (χ3v) is 4.55. The van der Waals surface area contributed by atoms with Crippen LogP contribution in [0.3, 0.4) is 0 Å². The van der Waals surface area contributed by atoms with Crippen LogP contribution in [0.4, 0.5) is 5.82 Å². The lowest BCUT2D eigenvalue weighted by atomic mass is 10.1. The van der Waals surface area contributed by atoms with E-state index in [4.69, 9.17) is 20.8 Å². The lowest BCUT2D eigenvalue weighted by Crippen LogP contribution is -2.03. The molecule has 4 rings (SSSR count). The van der Waals surface area contributed by atoms with E-state index in [9.17, 15) is 0 Å². The average Bonchev–Trinajstić information content (AvgIpc) is 3.22. The number of rotatable bonds is 6. The number of halogens is 1. The van der Waals surface area contributed by atoms with Gasteiger partial charge in [0.05, 0.1) is 12.7 Å². The van der Waals surface area contributed by atoms with Crippen LogP contribution in [0.25, 0.3) is 22.6 Å². The molecular weight excluding hydrogens is 376 g/mol. The summed E-state index contributed by atoms with van der Waals surface area (Å²) in [5, 5.41) is 3.72. The largest absolute Gasteiger partial charge is 0.497 e. The van der Waals surface area contributed by atoms with Crippen molar-refractivity contribution >= 4 is 17.4 Å². The first-order valence-electron chi connectivity index (χ1n) is 8.63. The number of anilines is 1. The van der Waals surface area contributed by atoms with Crippen molar-refractivity contribution < 1.29 is 9.15 Å². The fraction of sp³-hybridized carbons (Fsp3) is 0.0952. The van der Waals surface area contributed by atoms with E-state index in [2.05, 4.69) is 20.3 Å². The quantitative estimate of drug-likeness (QED) is 0.462. The highest BCUT2D eigenvalue weighted by Crippen LogP contribution is 2.36. The zero-order valence-electron chi connectivity index (χ0n) is 15.1. The number of pyridine rings is 2. The minimum atomic E-state index is 0.358. The molecule has 1 aromatic carbocycles. The summed E-state index contributed by atoms with van der Waals surface area (Å²) >= 11 is 6.24. The van der Waals surface area contributed by atoms with E-state index in [1.165, 1.54) is 6.39 Å². The summed E-state index contributed by atoms with van der Waals surface area (Å²) in [7, 11) is 1.65. The first kappa shape index (κ1) is 18.0. The summed E-state index contributed by atoms with van der Waals surface area (Å²) in [5.74, 6) is 2.08. The van der Waals surface area contributed by atoms with Crippen molar-refractivity contribution in [1.29, 1.82) is 0 Å². The van der Waals surface area contributed by atoms with Crippen LogP contribution in [0, 0.1) is 0 Å². The number of ether oxygens (including phenoxy) is 1. The maximum absolute atomic E-state index is 6.24. The van der Waals surface area contributed by atoms with Gasteiger partial charge >= 0.3 is 0 Å². The molecule has 0 aliphatic rings. The molecule has 0 atom stereocenters. The lowest BCUT2D eigenvalue weighted by molar-refractivity contribution is 0.414. The fourth-order valence-corrected chi connectivity index (χ4v) is 3.06. The Morgan fingerprint density at radius 1 is 0.964 bits per heavy atom. The van der Waals surface area contributed by atoms with Crippen molar-refractivity contribution in [2.45, 2.75) is 6.54 Å². The van der Waals surface area contributed by atoms with Crippen LogP contribution in [-0.4, -0.2) is 22.1 Å². The van der Waals surface area contributed by atoms with Gasteiger partial charge < -0.3 is 14.5 Å². The van der Waals surface area contributed by atoms with E-state index in [1.54, 1.807) is 25.6 Å². The first-order chi connectivity index (χ1) is 13.8. The van der Waals surface area contributed by atoms with Crippen molar-refractivity contribution in [2.24, 2.45) is 0 Å². The molecule has 0 saturated carbocycles. The number of hydrogen-bond donors (Lipinski definition) is 1. The molecule has 3 heterocycles. The summed E-state index contributed by atoms with van der Waals surface area (Å²) in [6.45, 7) is 0.606. The summed E-state index contributed by atoms with van der Waals surface area (Å²) in [4.78, 5) is 13.0. The molecule has 0 aliphatic carbocycles. The highest BCUT2D eigenvalue weighted by atomic mass is 35.5. The van der Waals surface area contributed by atoms with Gasteiger partial charge in [-0.2, -0.15) is 0 Å². The maximum Gasteiger partial charge on any atom is 0.182 e. The monoisotopic (exact) mass is 392 g/mol. The van der Waals surface area contributed by atoms with E-state index in [-0.39, 0.29) is 0 Å². The zero-order valence-corrected chi connectivity index (χ0v) is 15.8. The van der Waals surface area contributed by atoms with Gasteiger partial charge in [-0.25, -0.2) is 15.0 Å². The predicted octanol–water partition coefficient (Wildman–Crippen LogP) is 5.07. The number of hydrogen-bond acceptors (Lipinski definition) is 6. The number of aromatic nitrogens is 3. The highest BCUT2D eigenvalue weighted by Gasteiger charge is 2.19. The molecular formula is C21H17ClN4O2. The van der Waals surface area contributed by atoms with E-state index in [1.807, 2.05) is 42.5 Å². The number of methoxy groups -OCH3 is 1. The van der Waals surface area contributed by atoms with Crippen molar-refractivity contribution in [3.05, 3.63) is 78.0 Å². The molecule has 140 valence electrons. The van der Waals surface area contributed by atoms with Crippen molar-refractivity contribution in [3.8, 4) is 28.3 Å². The second kappa shape index (κ2) is 8.10. The summed E-state index contributed by atoms with van der Waals surface area (Å²) in [6.07, 6.45) is 4.76. The van der Waals surface area contributed by atoms with Gasteiger partial charge in [-0.05, 0) is 42.0 Å². The van der Waals surface area contributed by atoms with Gasteiger partial charge in [-0.15, -0.1) is 0 Å². The number of oxazole rings is 1. The van der Waals surface area contributed by atoms with Crippen LogP contribution >= 0.6 is 11.6 Å². The first-order valence-corrected chi connectivity index (χ1v) is 9.00. The van der Waals surface area contributed by atoms with Gasteiger partial charge in [0.25, 0.3) is 0 Å². The van der Waals surface area contributed by atoms with Gasteiger partial charge in [0.1, 0.15) is 22.4 Å². The lowest BCUT2D eigenvalue weighted by Gasteiger charge is -2.11. The minimum Gasteiger partial charge on any atom is -0.497 e. The Balaban J connectivity index is 1.64. The second-order valence-corrected chi connectivity index (χ2v) is 6.33. The molecule has 0 amide bonds. The van der Waals surface area contributed by atoms with Crippen molar-refractivity contribution in [3.63, 3.8) is 0 Å². The summed E-state index contributed by atoms with van der Waals surface area (Å²) in [6, 6.07) is 15.3. The third-order valence-electron chi connectivity index (χ3n) is 4.25. The average molecular weight is 393 g/mol. The van der Waals surface area contributed by atoms with Crippen LogP contribution in [0.1, 0.15) is 5.56 Å². The number of benzene rings is 1. The zero-order chi connectivity index (χ0) is 19.3. The molecule has 0 fully saturated rings. The van der Waals surface area contributed by atoms with E-state index in [0.29, 0.717) is 34.5 Å². The molecule has 1 N–H and O–H groups in total. The second-order valence-electron chi connectivity index (χ2n) is 5.97. The molecule has 0 aliphatic heterocycles. The topological polar surface area (TPSA) is 73.1 Å². The minimum absolute atomic E-state index is 0.358. The Kier molecular flexibility index (Phi) is 5.21. The number of nitrogens with one attached hydrogen (secondary N) is 1. The molecule has 3 aromatic heterocycles. The Morgan fingerprint density at radius 3 is 2.46 bits per heavy atom. The molecule has 6 nitrogen and oxygen atoms in total. The van der Waals surface area contributed by atoms with Gasteiger partial charge in [0.2, 0.25) is 0 Å². The van der Waals surface area contributed by atoms with Crippen LogP contribution in [0.15, 0.2) is 71.7 Å². The molecule has 4 aromatic rings. The normalized spacial score (nSPS) is 10.6. The number of nitrogens with zero attached hydrogens (tertiary/aromatic N) is 3. The molecule has 0 saturated heterocycles. The van der Waals surface area contributed by atoms with Crippen LogP contribution in [0.5, 0.6) is 5.75 Å². The van der Waals surface area contributed by atoms with E-state index < -0.39 is 0 Å². The Morgan fingerprint density at radius 2 is 1.71 bits per heavy atom. The van der Waals surface area contributed by atoms with Gasteiger partial charge in [0.15, 0.2) is 12.2 Å². The van der Waals surface area contributed by atoms with Crippen molar-refractivity contribution in [1.82, 2.24) is 15.0 Å². The van der Waals surface area contributed by atoms with E-state index in [0.717, 1.165) is 16.9 Å². The maximum atomic E-state index is 6.24. The Labute approximate surface area is 167 Å². The molecule has 0 unspecified atom stereocenters. The molecule has 0 radical (unpaired) electrons. The predicted molar refractivity (Wildman–Crippen MR) is 108 cm³/mol. The highest BCUT2D eigenvalue weighted by molar-refractivity contribution is 6.32. The summed E-state index contributed by atoms with van der Waals surface area (Å²) in [5.41, 5.74) is 3.26. The smallest absolute Gasteiger partial charge is 0.182 e. The SMILES string of the molecule is COc1ccc(CNc2ncccc2-c2ncoc2-c2cccnc2Cl)cc1. The molecule has 0 spiro atoms. The molecule has 7 heteroatoms. The Bertz CT molecular complexity index is 1080. The molecule has 0 bridgehead atoms. The molecule has 28 heavy (non-hydrogen) atoms. The van der Waals surface area contributed by atoms with Crippen LogP contribution in [-0.2, 0) is 6.54 Å². The van der Waals surface area contributed by atoms with Crippen LogP contribution < -0.4 is 10.1 Å². The van der Waals surface area contributed by atoms with Gasteiger partial charge in [0, 0.05) is 24.5 Å². The van der Waals surface area contributed by atoms with Crippen LogP contribution in [0.2, 0.25) is 5.15 Å². The van der Waals surface area contributed by atoms with Gasteiger partial charge in [-0.3, -0.25) is 0 Å². The van der Waals surface area contributed by atoms with Crippen molar-refractivity contribution in [2.75, 3.05) is 12.4 Å². The standard InChI is InChI=1S/C21H17ClN4O2/c1-27-15-8-6-14(7-9-15)12-25-21-16(4-2-11-24-21)18-19(28-13-26-18)17-5-3-10-23-20(17)22/h2-11,13H,12H2,1H3,(H,24,25).